The molecule has 0 aliphatic rings. The molecule has 1 aromatic heterocycles. The SMILES string of the molecule is CSCc1nc2ccccc2n1CC(=O)OCC(=O)NCCc1ccccc1. The average molecular weight is 398 g/mol. The van der Waals surface area contributed by atoms with Gasteiger partial charge in [0.25, 0.3) is 5.91 Å². The van der Waals surface area contributed by atoms with Crippen molar-refractivity contribution < 1.29 is 14.3 Å². The number of carbonyl (C=O) groups is 2. The molecule has 0 aliphatic heterocycles. The van der Waals surface area contributed by atoms with E-state index in [0.717, 1.165) is 28.8 Å². The summed E-state index contributed by atoms with van der Waals surface area (Å²) >= 11 is 1.64. The summed E-state index contributed by atoms with van der Waals surface area (Å²) in [6.45, 7) is 0.260. The van der Waals surface area contributed by atoms with Gasteiger partial charge in [0.15, 0.2) is 6.61 Å². The summed E-state index contributed by atoms with van der Waals surface area (Å²) in [5.74, 6) is 0.757. The zero-order chi connectivity index (χ0) is 19.8. The first-order chi connectivity index (χ1) is 13.7. The first-order valence-electron chi connectivity index (χ1n) is 9.06. The second-order valence-corrected chi connectivity index (χ2v) is 7.15. The van der Waals surface area contributed by atoms with Gasteiger partial charge in [-0.25, -0.2) is 4.98 Å². The molecule has 6 nitrogen and oxygen atoms in total. The van der Waals surface area contributed by atoms with Gasteiger partial charge in [-0.05, 0) is 30.4 Å². The van der Waals surface area contributed by atoms with E-state index >= 15 is 0 Å². The summed E-state index contributed by atoms with van der Waals surface area (Å²) in [5.41, 5.74) is 2.88. The van der Waals surface area contributed by atoms with E-state index in [9.17, 15) is 9.59 Å². The Morgan fingerprint density at radius 3 is 2.64 bits per heavy atom. The Balaban J connectivity index is 1.49. The number of rotatable bonds is 9. The van der Waals surface area contributed by atoms with Crippen molar-refractivity contribution in [2.75, 3.05) is 19.4 Å². The van der Waals surface area contributed by atoms with Crippen LogP contribution in [0.1, 0.15) is 11.4 Å². The first-order valence-corrected chi connectivity index (χ1v) is 10.5. The highest BCUT2D eigenvalue weighted by molar-refractivity contribution is 7.97. The summed E-state index contributed by atoms with van der Waals surface area (Å²) in [7, 11) is 0. The lowest BCUT2D eigenvalue weighted by molar-refractivity contribution is -0.149. The Labute approximate surface area is 168 Å². The van der Waals surface area contributed by atoms with Crippen molar-refractivity contribution in [3.8, 4) is 0 Å². The third-order valence-electron chi connectivity index (χ3n) is 4.24. The molecule has 3 aromatic rings. The van der Waals surface area contributed by atoms with Crippen LogP contribution in [0.3, 0.4) is 0 Å². The van der Waals surface area contributed by atoms with Gasteiger partial charge in [-0.2, -0.15) is 11.8 Å². The Morgan fingerprint density at radius 2 is 1.86 bits per heavy atom. The standard InChI is InChI=1S/C21H23N3O3S/c1-28-15-19-23-17-9-5-6-10-18(17)24(19)13-21(26)27-14-20(25)22-12-11-16-7-3-2-4-8-16/h2-10H,11-15H2,1H3,(H,22,25). The summed E-state index contributed by atoms with van der Waals surface area (Å²) in [6.07, 6.45) is 2.72. The molecule has 0 bridgehead atoms. The number of para-hydroxylation sites is 2. The monoisotopic (exact) mass is 397 g/mol. The maximum atomic E-state index is 12.3. The molecule has 0 saturated carbocycles. The zero-order valence-electron chi connectivity index (χ0n) is 15.8. The Morgan fingerprint density at radius 1 is 1.11 bits per heavy atom. The van der Waals surface area contributed by atoms with Gasteiger partial charge in [0.1, 0.15) is 12.4 Å². The second-order valence-electron chi connectivity index (χ2n) is 6.28. The number of amides is 1. The van der Waals surface area contributed by atoms with Crippen molar-refractivity contribution >= 4 is 34.7 Å². The first kappa shape index (κ1) is 19.9. The van der Waals surface area contributed by atoms with Gasteiger partial charge in [0, 0.05) is 6.54 Å². The second kappa shape index (κ2) is 9.94. The molecule has 7 heteroatoms. The molecule has 28 heavy (non-hydrogen) atoms. The van der Waals surface area contributed by atoms with E-state index in [4.69, 9.17) is 4.74 Å². The highest BCUT2D eigenvalue weighted by Crippen LogP contribution is 2.19. The molecule has 1 amide bonds. The Bertz CT molecular complexity index is 940. The van der Waals surface area contributed by atoms with Gasteiger partial charge >= 0.3 is 5.97 Å². The number of ether oxygens (including phenoxy) is 1. The predicted octanol–water partition coefficient (Wildman–Crippen LogP) is 2.80. The van der Waals surface area contributed by atoms with Crippen LogP contribution in [-0.4, -0.2) is 40.8 Å². The highest BCUT2D eigenvalue weighted by Gasteiger charge is 2.15. The molecule has 0 unspecified atom stereocenters. The lowest BCUT2D eigenvalue weighted by atomic mass is 10.1. The number of fused-ring (bicyclic) bond motifs is 1. The number of esters is 1. The molecule has 0 fully saturated rings. The summed E-state index contributed by atoms with van der Waals surface area (Å²) in [5, 5.41) is 2.77. The summed E-state index contributed by atoms with van der Waals surface area (Å²) in [4.78, 5) is 28.7. The minimum Gasteiger partial charge on any atom is -0.454 e. The average Bonchev–Trinajstić information content (AvgIpc) is 3.05. The van der Waals surface area contributed by atoms with E-state index in [2.05, 4.69) is 10.3 Å². The molecule has 0 aliphatic carbocycles. The minimum atomic E-state index is -0.455. The van der Waals surface area contributed by atoms with Crippen LogP contribution in [0, 0.1) is 0 Å². The third kappa shape index (κ3) is 5.36. The fourth-order valence-electron chi connectivity index (χ4n) is 2.90. The van der Waals surface area contributed by atoms with Gasteiger partial charge in [0.05, 0.1) is 16.8 Å². The molecule has 2 aromatic carbocycles. The van der Waals surface area contributed by atoms with Crippen LogP contribution in [0.15, 0.2) is 54.6 Å². The van der Waals surface area contributed by atoms with E-state index < -0.39 is 5.97 Å². The van der Waals surface area contributed by atoms with Crippen molar-refractivity contribution in [3.05, 3.63) is 66.0 Å². The number of nitrogens with one attached hydrogen (secondary N) is 1. The maximum absolute atomic E-state index is 12.3. The van der Waals surface area contributed by atoms with Gasteiger partial charge in [-0.3, -0.25) is 9.59 Å². The van der Waals surface area contributed by atoms with Crippen LogP contribution < -0.4 is 5.32 Å². The Hall–Kier alpha value is -2.80. The molecular weight excluding hydrogens is 374 g/mol. The van der Waals surface area contributed by atoms with Gasteiger partial charge < -0.3 is 14.6 Å². The molecule has 0 radical (unpaired) electrons. The summed E-state index contributed by atoms with van der Waals surface area (Å²) < 4.78 is 7.00. The molecule has 3 rings (SSSR count). The van der Waals surface area contributed by atoms with Gasteiger partial charge in [0.2, 0.25) is 0 Å². The number of thioether (sulfide) groups is 1. The van der Waals surface area contributed by atoms with Crippen molar-refractivity contribution in [2.24, 2.45) is 0 Å². The van der Waals surface area contributed by atoms with Crippen LogP contribution in [0.4, 0.5) is 0 Å². The van der Waals surface area contributed by atoms with Gasteiger partial charge in [-0.1, -0.05) is 42.5 Å². The van der Waals surface area contributed by atoms with Crippen molar-refractivity contribution in [3.63, 3.8) is 0 Å². The van der Waals surface area contributed by atoms with Crippen LogP contribution in [0.25, 0.3) is 11.0 Å². The van der Waals surface area contributed by atoms with E-state index in [1.807, 2.05) is 65.4 Å². The quantitative estimate of drug-likeness (QED) is 0.562. The number of hydrogen-bond acceptors (Lipinski definition) is 5. The van der Waals surface area contributed by atoms with E-state index in [1.54, 1.807) is 11.8 Å². The van der Waals surface area contributed by atoms with E-state index in [1.165, 1.54) is 0 Å². The normalized spacial score (nSPS) is 10.8. The molecular formula is C21H23N3O3S. The lowest BCUT2D eigenvalue weighted by Crippen LogP contribution is -2.31. The predicted molar refractivity (Wildman–Crippen MR) is 111 cm³/mol. The fraction of sp³-hybridized carbons (Fsp3) is 0.286. The van der Waals surface area contributed by atoms with Crippen LogP contribution in [0.2, 0.25) is 0 Å². The smallest absolute Gasteiger partial charge is 0.326 e. The summed E-state index contributed by atoms with van der Waals surface area (Å²) in [6, 6.07) is 17.6. The number of imidazole rings is 1. The van der Waals surface area contributed by atoms with E-state index in [-0.39, 0.29) is 19.1 Å². The van der Waals surface area contributed by atoms with Crippen LogP contribution in [0.5, 0.6) is 0 Å². The minimum absolute atomic E-state index is 0.0354. The van der Waals surface area contributed by atoms with Crippen molar-refractivity contribution in [2.45, 2.75) is 18.7 Å². The fourth-order valence-corrected chi connectivity index (χ4v) is 3.38. The Kier molecular flexibility index (Phi) is 7.08. The van der Waals surface area contributed by atoms with Crippen LogP contribution in [-0.2, 0) is 33.0 Å². The number of aromatic nitrogens is 2. The number of nitrogens with zero attached hydrogens (tertiary/aromatic N) is 2. The molecule has 1 heterocycles. The van der Waals surface area contributed by atoms with Crippen molar-refractivity contribution in [1.29, 1.82) is 0 Å². The molecule has 0 saturated heterocycles. The van der Waals surface area contributed by atoms with Crippen LogP contribution >= 0.6 is 11.8 Å². The molecule has 146 valence electrons. The number of benzene rings is 2. The molecule has 0 spiro atoms. The topological polar surface area (TPSA) is 73.2 Å². The zero-order valence-corrected chi connectivity index (χ0v) is 16.6. The van der Waals surface area contributed by atoms with E-state index in [0.29, 0.717) is 12.3 Å². The lowest BCUT2D eigenvalue weighted by Gasteiger charge is -2.09. The number of hydrogen-bond donors (Lipinski definition) is 1. The third-order valence-corrected chi connectivity index (χ3v) is 4.78. The van der Waals surface area contributed by atoms with Crippen molar-refractivity contribution in [1.82, 2.24) is 14.9 Å². The largest absolute Gasteiger partial charge is 0.454 e. The highest BCUT2D eigenvalue weighted by atomic mass is 32.2. The molecule has 0 atom stereocenters. The number of carbonyl (C=O) groups excluding carboxylic acids is 2. The molecule has 1 N–H and O–H groups in total. The maximum Gasteiger partial charge on any atom is 0.326 e. The van der Waals surface area contributed by atoms with Gasteiger partial charge in [-0.15, -0.1) is 0 Å².